The van der Waals surface area contributed by atoms with Crippen LogP contribution < -0.4 is 0 Å². The minimum atomic E-state index is 0.598. The van der Waals surface area contributed by atoms with Gasteiger partial charge in [0.15, 0.2) is 5.82 Å². The SMILES string of the molecule is CCc1c(N=[N+]=[N-])c(C)nn1-c1ccccn1. The van der Waals surface area contributed by atoms with Crippen LogP contribution in [0.5, 0.6) is 0 Å². The molecule has 0 bridgehead atoms. The van der Waals surface area contributed by atoms with Gasteiger partial charge in [-0.2, -0.15) is 5.10 Å². The highest BCUT2D eigenvalue weighted by atomic mass is 15.3. The highest BCUT2D eigenvalue weighted by molar-refractivity contribution is 5.49. The van der Waals surface area contributed by atoms with E-state index in [2.05, 4.69) is 20.1 Å². The van der Waals surface area contributed by atoms with Crippen molar-refractivity contribution in [3.63, 3.8) is 0 Å². The molecule has 6 nitrogen and oxygen atoms in total. The molecule has 86 valence electrons. The largest absolute Gasteiger partial charge is 0.237 e. The summed E-state index contributed by atoms with van der Waals surface area (Å²) in [6.45, 7) is 3.81. The molecule has 2 rings (SSSR count). The van der Waals surface area contributed by atoms with E-state index in [1.165, 1.54) is 0 Å². The molecule has 0 unspecified atom stereocenters. The van der Waals surface area contributed by atoms with Gasteiger partial charge in [-0.05, 0) is 31.0 Å². The molecule has 2 aromatic heterocycles. The van der Waals surface area contributed by atoms with E-state index in [0.29, 0.717) is 11.4 Å². The van der Waals surface area contributed by atoms with Gasteiger partial charge >= 0.3 is 0 Å². The van der Waals surface area contributed by atoms with Crippen molar-refractivity contribution in [2.24, 2.45) is 5.11 Å². The maximum absolute atomic E-state index is 8.55. The quantitative estimate of drug-likeness (QED) is 0.459. The Labute approximate surface area is 98.5 Å². The fourth-order valence-corrected chi connectivity index (χ4v) is 1.73. The molecule has 0 fully saturated rings. The van der Waals surface area contributed by atoms with Crippen LogP contribution in [0, 0.1) is 6.92 Å². The third kappa shape index (κ3) is 1.98. The van der Waals surface area contributed by atoms with Crippen LogP contribution >= 0.6 is 0 Å². The summed E-state index contributed by atoms with van der Waals surface area (Å²) in [4.78, 5) is 7.07. The van der Waals surface area contributed by atoms with Crippen LogP contribution in [0.3, 0.4) is 0 Å². The maximum atomic E-state index is 8.55. The van der Waals surface area contributed by atoms with Gasteiger partial charge in [-0.1, -0.05) is 18.1 Å². The lowest BCUT2D eigenvalue weighted by atomic mass is 10.2. The molecule has 0 amide bonds. The van der Waals surface area contributed by atoms with Crippen LogP contribution in [-0.4, -0.2) is 14.8 Å². The number of hydrogen-bond donors (Lipinski definition) is 0. The van der Waals surface area contributed by atoms with E-state index < -0.39 is 0 Å². The lowest BCUT2D eigenvalue weighted by molar-refractivity contribution is 0.781. The highest BCUT2D eigenvalue weighted by Gasteiger charge is 2.13. The van der Waals surface area contributed by atoms with Gasteiger partial charge in [-0.25, -0.2) is 9.67 Å². The molecule has 6 heteroatoms. The predicted molar refractivity (Wildman–Crippen MR) is 64.3 cm³/mol. The van der Waals surface area contributed by atoms with Gasteiger partial charge in [0.1, 0.15) is 0 Å². The van der Waals surface area contributed by atoms with Crippen molar-refractivity contribution >= 4 is 5.69 Å². The topological polar surface area (TPSA) is 79.5 Å². The Balaban J connectivity index is 2.63. The molecule has 0 aromatic carbocycles. The van der Waals surface area contributed by atoms with Crippen molar-refractivity contribution in [1.29, 1.82) is 0 Å². The first kappa shape index (κ1) is 11.2. The zero-order chi connectivity index (χ0) is 12.3. The van der Waals surface area contributed by atoms with Gasteiger partial charge in [-0.15, -0.1) is 0 Å². The van der Waals surface area contributed by atoms with Crippen molar-refractivity contribution in [2.75, 3.05) is 0 Å². The Morgan fingerprint density at radius 1 is 1.47 bits per heavy atom. The number of hydrogen-bond acceptors (Lipinski definition) is 3. The summed E-state index contributed by atoms with van der Waals surface area (Å²) in [5.41, 5.74) is 10.7. The van der Waals surface area contributed by atoms with E-state index in [-0.39, 0.29) is 0 Å². The summed E-state index contributed by atoms with van der Waals surface area (Å²) < 4.78 is 1.72. The summed E-state index contributed by atoms with van der Waals surface area (Å²) in [5.74, 6) is 0.729. The van der Waals surface area contributed by atoms with Gasteiger partial charge in [0.2, 0.25) is 0 Å². The molecule has 0 spiro atoms. The Kier molecular flexibility index (Phi) is 3.07. The number of aryl methyl sites for hydroxylation is 1. The van der Waals surface area contributed by atoms with Crippen LogP contribution in [0.15, 0.2) is 29.5 Å². The van der Waals surface area contributed by atoms with E-state index in [4.69, 9.17) is 5.53 Å². The minimum Gasteiger partial charge on any atom is -0.237 e. The Hall–Kier alpha value is -2.33. The molecule has 0 saturated heterocycles. The van der Waals surface area contributed by atoms with E-state index in [0.717, 1.165) is 17.9 Å². The third-order valence-corrected chi connectivity index (χ3v) is 2.47. The molecule has 0 aliphatic carbocycles. The monoisotopic (exact) mass is 228 g/mol. The molecule has 0 radical (unpaired) electrons. The first-order valence-corrected chi connectivity index (χ1v) is 5.33. The second-order valence-corrected chi connectivity index (χ2v) is 3.52. The van der Waals surface area contributed by atoms with Gasteiger partial charge in [0, 0.05) is 11.1 Å². The average molecular weight is 228 g/mol. The zero-order valence-corrected chi connectivity index (χ0v) is 9.70. The number of azide groups is 1. The molecular weight excluding hydrogens is 216 g/mol. The van der Waals surface area contributed by atoms with Gasteiger partial charge in [0.25, 0.3) is 0 Å². The second kappa shape index (κ2) is 4.67. The number of nitrogens with zero attached hydrogens (tertiary/aromatic N) is 6. The van der Waals surface area contributed by atoms with Crippen LogP contribution in [-0.2, 0) is 6.42 Å². The van der Waals surface area contributed by atoms with Crippen molar-refractivity contribution in [3.05, 3.63) is 46.2 Å². The molecule has 17 heavy (non-hydrogen) atoms. The summed E-state index contributed by atoms with van der Waals surface area (Å²) in [6, 6.07) is 5.61. The van der Waals surface area contributed by atoms with Gasteiger partial charge in [0.05, 0.1) is 17.1 Å². The van der Waals surface area contributed by atoms with Crippen molar-refractivity contribution in [3.8, 4) is 5.82 Å². The van der Waals surface area contributed by atoms with E-state index in [1.807, 2.05) is 32.0 Å². The summed E-state index contributed by atoms with van der Waals surface area (Å²) in [6.07, 6.45) is 2.44. The normalized spacial score (nSPS) is 10.0. The fourth-order valence-electron chi connectivity index (χ4n) is 1.73. The fraction of sp³-hybridized carbons (Fsp3) is 0.273. The second-order valence-electron chi connectivity index (χ2n) is 3.52. The lowest BCUT2D eigenvalue weighted by Crippen LogP contribution is -2.03. The van der Waals surface area contributed by atoms with Crippen LogP contribution in [0.25, 0.3) is 16.3 Å². The molecule has 0 N–H and O–H groups in total. The number of rotatable bonds is 3. The maximum Gasteiger partial charge on any atom is 0.153 e. The number of aromatic nitrogens is 3. The average Bonchev–Trinajstić information content (AvgIpc) is 2.68. The molecule has 0 atom stereocenters. The molecule has 0 aliphatic heterocycles. The molecule has 2 aromatic rings. The van der Waals surface area contributed by atoms with Gasteiger partial charge in [-0.3, -0.25) is 0 Å². The summed E-state index contributed by atoms with van der Waals surface area (Å²) in [5, 5.41) is 8.05. The van der Waals surface area contributed by atoms with Crippen molar-refractivity contribution < 1.29 is 0 Å². The third-order valence-electron chi connectivity index (χ3n) is 2.47. The van der Waals surface area contributed by atoms with E-state index in [1.54, 1.807) is 10.9 Å². The van der Waals surface area contributed by atoms with Crippen LogP contribution in [0.2, 0.25) is 0 Å². The Bertz CT molecular complexity index is 565. The first-order valence-electron chi connectivity index (χ1n) is 5.33. The molecular formula is C11H12N6. The molecule has 2 heterocycles. The smallest absolute Gasteiger partial charge is 0.153 e. The standard InChI is InChI=1S/C11H12N6/c1-3-9-11(14-16-12)8(2)15-17(9)10-6-4-5-7-13-10/h4-7H,3H2,1-2H3. The summed E-state index contributed by atoms with van der Waals surface area (Å²) >= 11 is 0. The first-order chi connectivity index (χ1) is 8.27. The Morgan fingerprint density at radius 2 is 2.29 bits per heavy atom. The minimum absolute atomic E-state index is 0.598. The van der Waals surface area contributed by atoms with Gasteiger partial charge < -0.3 is 0 Å². The van der Waals surface area contributed by atoms with E-state index in [9.17, 15) is 0 Å². The zero-order valence-electron chi connectivity index (χ0n) is 9.70. The lowest BCUT2D eigenvalue weighted by Gasteiger charge is -2.04. The van der Waals surface area contributed by atoms with Crippen LogP contribution in [0.4, 0.5) is 5.69 Å². The van der Waals surface area contributed by atoms with E-state index >= 15 is 0 Å². The molecule has 0 saturated carbocycles. The predicted octanol–water partition coefficient (Wildman–Crippen LogP) is 3.08. The Morgan fingerprint density at radius 3 is 2.88 bits per heavy atom. The van der Waals surface area contributed by atoms with Crippen molar-refractivity contribution in [2.45, 2.75) is 20.3 Å². The highest BCUT2D eigenvalue weighted by Crippen LogP contribution is 2.26. The molecule has 0 aliphatic rings. The van der Waals surface area contributed by atoms with Crippen LogP contribution in [0.1, 0.15) is 18.3 Å². The summed E-state index contributed by atoms with van der Waals surface area (Å²) in [7, 11) is 0. The van der Waals surface area contributed by atoms with Crippen molar-refractivity contribution in [1.82, 2.24) is 14.8 Å². The number of pyridine rings is 1.